The molecule has 3 heteroatoms. The van der Waals surface area contributed by atoms with Crippen molar-refractivity contribution in [2.24, 2.45) is 0 Å². The zero-order valence-electron chi connectivity index (χ0n) is 11.8. The molecular formula is C17H20O3. The molecule has 0 bridgehead atoms. The Bertz CT molecular complexity index is 549. The maximum atomic E-state index is 10.1. The molecule has 0 aromatic heterocycles. The fraction of sp³-hybridized carbons (Fsp3) is 0.294. The van der Waals surface area contributed by atoms with Crippen LogP contribution in [0.2, 0.25) is 0 Å². The molecule has 0 aliphatic heterocycles. The molecule has 20 heavy (non-hydrogen) atoms. The molecule has 0 fully saturated rings. The summed E-state index contributed by atoms with van der Waals surface area (Å²) in [5.74, 6) is 0.726. The monoisotopic (exact) mass is 272 g/mol. The van der Waals surface area contributed by atoms with Gasteiger partial charge in [0, 0.05) is 0 Å². The van der Waals surface area contributed by atoms with Gasteiger partial charge in [0.05, 0.1) is 6.10 Å². The largest absolute Gasteiger partial charge is 0.490 e. The third-order valence-electron chi connectivity index (χ3n) is 3.26. The van der Waals surface area contributed by atoms with Gasteiger partial charge in [-0.25, -0.2) is 0 Å². The highest BCUT2D eigenvalue weighted by Crippen LogP contribution is 2.24. The number of rotatable bonds is 5. The van der Waals surface area contributed by atoms with Crippen molar-refractivity contribution in [3.05, 3.63) is 65.2 Å². The maximum Gasteiger partial charge on any atom is 0.122 e. The average molecular weight is 272 g/mol. The van der Waals surface area contributed by atoms with Crippen LogP contribution in [0.1, 0.15) is 35.8 Å². The van der Waals surface area contributed by atoms with Crippen LogP contribution in [0, 0.1) is 6.92 Å². The van der Waals surface area contributed by atoms with Crippen LogP contribution in [0.25, 0.3) is 0 Å². The number of aliphatic hydroxyl groups is 2. The molecule has 2 aromatic carbocycles. The third kappa shape index (κ3) is 3.59. The van der Waals surface area contributed by atoms with E-state index >= 15 is 0 Å². The lowest BCUT2D eigenvalue weighted by Crippen LogP contribution is -2.10. The van der Waals surface area contributed by atoms with Gasteiger partial charge >= 0.3 is 0 Å². The fourth-order valence-corrected chi connectivity index (χ4v) is 2.03. The standard InChI is InChI=1S/C17H20O3/c1-12-10-15(13(2)18)8-9-17(12)20-11-16(19)14-6-4-3-5-7-14/h3-10,13,16,18-19H,11H2,1-2H3. The van der Waals surface area contributed by atoms with Crippen molar-refractivity contribution in [2.75, 3.05) is 6.61 Å². The average Bonchev–Trinajstić information content (AvgIpc) is 2.46. The number of aliphatic hydroxyl groups excluding tert-OH is 2. The van der Waals surface area contributed by atoms with Gasteiger partial charge in [-0.1, -0.05) is 36.4 Å². The first-order valence-electron chi connectivity index (χ1n) is 6.72. The van der Waals surface area contributed by atoms with Gasteiger partial charge in [0.2, 0.25) is 0 Å². The summed E-state index contributed by atoms with van der Waals surface area (Å²) in [7, 11) is 0. The Morgan fingerprint density at radius 2 is 1.70 bits per heavy atom. The summed E-state index contributed by atoms with van der Waals surface area (Å²) in [4.78, 5) is 0. The second-order valence-corrected chi connectivity index (χ2v) is 4.94. The minimum atomic E-state index is -0.646. The predicted molar refractivity (Wildman–Crippen MR) is 78.7 cm³/mol. The molecule has 2 rings (SSSR count). The van der Waals surface area contributed by atoms with Gasteiger partial charge in [-0.2, -0.15) is 0 Å². The Morgan fingerprint density at radius 3 is 2.30 bits per heavy atom. The molecule has 0 spiro atoms. The fourth-order valence-electron chi connectivity index (χ4n) is 2.03. The summed E-state index contributed by atoms with van der Waals surface area (Å²) in [6.45, 7) is 3.86. The first kappa shape index (κ1) is 14.6. The van der Waals surface area contributed by atoms with Crippen molar-refractivity contribution >= 4 is 0 Å². The van der Waals surface area contributed by atoms with Crippen LogP contribution in [-0.2, 0) is 0 Å². The SMILES string of the molecule is Cc1cc(C(C)O)ccc1OCC(O)c1ccccc1. The van der Waals surface area contributed by atoms with Gasteiger partial charge in [-0.05, 0) is 42.7 Å². The van der Waals surface area contributed by atoms with E-state index in [1.54, 1.807) is 6.92 Å². The van der Waals surface area contributed by atoms with E-state index in [0.717, 1.165) is 22.4 Å². The highest BCUT2D eigenvalue weighted by Gasteiger charge is 2.10. The lowest BCUT2D eigenvalue weighted by Gasteiger charge is -2.15. The quantitative estimate of drug-likeness (QED) is 0.879. The number of ether oxygens (including phenoxy) is 1. The van der Waals surface area contributed by atoms with Gasteiger partial charge in [-0.15, -0.1) is 0 Å². The van der Waals surface area contributed by atoms with Crippen LogP contribution in [-0.4, -0.2) is 16.8 Å². The Kier molecular flexibility index (Phi) is 4.77. The van der Waals surface area contributed by atoms with Crippen molar-refractivity contribution in [1.82, 2.24) is 0 Å². The lowest BCUT2D eigenvalue weighted by atomic mass is 10.1. The van der Waals surface area contributed by atoms with Crippen molar-refractivity contribution in [3.8, 4) is 5.75 Å². The molecule has 0 amide bonds. The predicted octanol–water partition coefficient (Wildman–Crippen LogP) is 3.16. The van der Waals surface area contributed by atoms with Gasteiger partial charge in [0.25, 0.3) is 0 Å². The van der Waals surface area contributed by atoms with Crippen LogP contribution >= 0.6 is 0 Å². The molecule has 2 aromatic rings. The van der Waals surface area contributed by atoms with E-state index in [9.17, 15) is 10.2 Å². The molecule has 0 aliphatic carbocycles. The molecule has 106 valence electrons. The van der Waals surface area contributed by atoms with E-state index in [2.05, 4.69) is 0 Å². The molecule has 0 radical (unpaired) electrons. The van der Waals surface area contributed by atoms with E-state index in [-0.39, 0.29) is 6.61 Å². The van der Waals surface area contributed by atoms with Crippen LogP contribution in [0.5, 0.6) is 5.75 Å². The molecule has 2 unspecified atom stereocenters. The minimum absolute atomic E-state index is 0.207. The van der Waals surface area contributed by atoms with Gasteiger partial charge < -0.3 is 14.9 Å². The van der Waals surface area contributed by atoms with E-state index < -0.39 is 12.2 Å². The normalized spacial score (nSPS) is 13.8. The highest BCUT2D eigenvalue weighted by atomic mass is 16.5. The topological polar surface area (TPSA) is 49.7 Å². The van der Waals surface area contributed by atoms with E-state index in [1.165, 1.54) is 0 Å². The number of hydrogen-bond donors (Lipinski definition) is 2. The molecular weight excluding hydrogens is 252 g/mol. The van der Waals surface area contributed by atoms with Crippen LogP contribution in [0.15, 0.2) is 48.5 Å². The Morgan fingerprint density at radius 1 is 1.00 bits per heavy atom. The van der Waals surface area contributed by atoms with Crippen LogP contribution < -0.4 is 4.74 Å². The van der Waals surface area contributed by atoms with Crippen molar-refractivity contribution in [3.63, 3.8) is 0 Å². The first-order chi connectivity index (χ1) is 9.58. The summed E-state index contributed by atoms with van der Waals surface area (Å²) in [5, 5.41) is 19.6. The summed E-state index contributed by atoms with van der Waals surface area (Å²) < 4.78 is 5.66. The maximum absolute atomic E-state index is 10.1. The smallest absolute Gasteiger partial charge is 0.122 e. The molecule has 2 atom stereocenters. The van der Waals surface area contributed by atoms with Gasteiger partial charge in [-0.3, -0.25) is 0 Å². The molecule has 0 saturated heterocycles. The van der Waals surface area contributed by atoms with Crippen molar-refractivity contribution < 1.29 is 14.9 Å². The van der Waals surface area contributed by atoms with E-state index in [0.29, 0.717) is 0 Å². The molecule has 0 heterocycles. The third-order valence-corrected chi connectivity index (χ3v) is 3.26. The molecule has 0 aliphatic rings. The zero-order chi connectivity index (χ0) is 14.5. The Balaban J connectivity index is 2.01. The second-order valence-electron chi connectivity index (χ2n) is 4.94. The van der Waals surface area contributed by atoms with E-state index in [4.69, 9.17) is 4.74 Å². The van der Waals surface area contributed by atoms with Gasteiger partial charge in [0.1, 0.15) is 18.5 Å². The van der Waals surface area contributed by atoms with E-state index in [1.807, 2.05) is 55.5 Å². The van der Waals surface area contributed by atoms with Gasteiger partial charge in [0.15, 0.2) is 0 Å². The highest BCUT2D eigenvalue weighted by molar-refractivity contribution is 5.37. The minimum Gasteiger partial charge on any atom is -0.490 e. The lowest BCUT2D eigenvalue weighted by molar-refractivity contribution is 0.108. The first-order valence-corrected chi connectivity index (χ1v) is 6.72. The summed E-state index contributed by atoms with van der Waals surface area (Å²) in [5.41, 5.74) is 2.65. The second kappa shape index (κ2) is 6.55. The number of aryl methyl sites for hydroxylation is 1. The van der Waals surface area contributed by atoms with Crippen molar-refractivity contribution in [2.45, 2.75) is 26.1 Å². The summed E-state index contributed by atoms with van der Waals surface area (Å²) in [6, 6.07) is 15.0. The molecule has 0 saturated carbocycles. The number of hydrogen-bond acceptors (Lipinski definition) is 3. The van der Waals surface area contributed by atoms with Crippen molar-refractivity contribution in [1.29, 1.82) is 0 Å². The number of benzene rings is 2. The molecule has 2 N–H and O–H groups in total. The van der Waals surface area contributed by atoms with Crippen LogP contribution in [0.3, 0.4) is 0 Å². The summed E-state index contributed by atoms with van der Waals surface area (Å²) in [6.07, 6.45) is -1.13. The molecule has 3 nitrogen and oxygen atoms in total. The Hall–Kier alpha value is -1.84. The van der Waals surface area contributed by atoms with Crippen LogP contribution in [0.4, 0.5) is 0 Å². The summed E-state index contributed by atoms with van der Waals surface area (Å²) >= 11 is 0. The Labute approximate surface area is 119 Å². The zero-order valence-corrected chi connectivity index (χ0v) is 11.8.